The summed E-state index contributed by atoms with van der Waals surface area (Å²) in [5, 5.41) is 9.11. The first kappa shape index (κ1) is 13.3. The fourth-order valence-corrected chi connectivity index (χ4v) is 2.04. The van der Waals surface area contributed by atoms with Gasteiger partial charge in [-0.15, -0.1) is 0 Å². The van der Waals surface area contributed by atoms with Crippen LogP contribution in [0.2, 0.25) is 5.02 Å². The highest BCUT2D eigenvalue weighted by Gasteiger charge is 2.34. The Hall–Kier alpha value is -2.14. The second-order valence-electron chi connectivity index (χ2n) is 4.20. The molecule has 1 aromatic carbocycles. The molecule has 0 aliphatic carbocycles. The third kappa shape index (κ3) is 2.13. The zero-order valence-corrected chi connectivity index (χ0v) is 11.0. The van der Waals surface area contributed by atoms with E-state index in [1.54, 1.807) is 13.8 Å². The van der Waals surface area contributed by atoms with Crippen molar-refractivity contribution in [3.05, 3.63) is 39.9 Å². The number of amides is 2. The van der Waals surface area contributed by atoms with Crippen LogP contribution in [0.25, 0.3) is 0 Å². The minimum atomic E-state index is -1.18. The number of hydrogen-bond donors (Lipinski definition) is 1. The molecule has 0 bridgehead atoms. The van der Waals surface area contributed by atoms with Crippen LogP contribution >= 0.6 is 11.6 Å². The van der Waals surface area contributed by atoms with Gasteiger partial charge in [-0.25, -0.2) is 9.69 Å². The van der Waals surface area contributed by atoms with Gasteiger partial charge in [0.15, 0.2) is 0 Å². The summed E-state index contributed by atoms with van der Waals surface area (Å²) in [4.78, 5) is 35.8. The minimum absolute atomic E-state index is 0.0784. The fraction of sp³-hybridized carbons (Fsp3) is 0.154. The van der Waals surface area contributed by atoms with Crippen LogP contribution < -0.4 is 4.90 Å². The smallest absolute Gasteiger partial charge is 0.335 e. The average molecular weight is 280 g/mol. The molecular formula is C13H10ClNO4. The molecule has 0 saturated heterocycles. The van der Waals surface area contributed by atoms with Gasteiger partial charge in [0.05, 0.1) is 11.3 Å². The van der Waals surface area contributed by atoms with Crippen molar-refractivity contribution in [2.75, 3.05) is 4.90 Å². The van der Waals surface area contributed by atoms with Crippen LogP contribution in [0.5, 0.6) is 0 Å². The van der Waals surface area contributed by atoms with Crippen LogP contribution in [0.15, 0.2) is 29.3 Å². The third-order valence-electron chi connectivity index (χ3n) is 3.00. The molecular weight excluding hydrogens is 270 g/mol. The number of carbonyl (C=O) groups excluding carboxylic acids is 2. The number of nitrogens with zero attached hydrogens (tertiary/aromatic N) is 1. The van der Waals surface area contributed by atoms with Crippen molar-refractivity contribution in [1.82, 2.24) is 0 Å². The predicted octanol–water partition coefficient (Wildman–Crippen LogP) is 2.25. The Morgan fingerprint density at radius 1 is 1.11 bits per heavy atom. The number of benzene rings is 1. The van der Waals surface area contributed by atoms with Crippen LogP contribution in [-0.2, 0) is 9.59 Å². The summed E-state index contributed by atoms with van der Waals surface area (Å²) < 4.78 is 0. The van der Waals surface area contributed by atoms with E-state index in [2.05, 4.69) is 0 Å². The van der Waals surface area contributed by atoms with E-state index in [9.17, 15) is 14.4 Å². The number of hydrogen-bond acceptors (Lipinski definition) is 3. The van der Waals surface area contributed by atoms with E-state index in [1.807, 2.05) is 0 Å². The lowest BCUT2D eigenvalue weighted by atomic mass is 10.2. The van der Waals surface area contributed by atoms with Crippen molar-refractivity contribution >= 4 is 35.1 Å². The van der Waals surface area contributed by atoms with Gasteiger partial charge in [0, 0.05) is 16.2 Å². The normalized spacial score (nSPS) is 15.4. The van der Waals surface area contributed by atoms with Crippen molar-refractivity contribution < 1.29 is 19.5 Å². The molecule has 0 radical (unpaired) electrons. The first-order valence-electron chi connectivity index (χ1n) is 5.43. The second kappa shape index (κ2) is 4.51. The highest BCUT2D eigenvalue weighted by molar-refractivity contribution is 6.34. The van der Waals surface area contributed by atoms with Crippen molar-refractivity contribution in [2.24, 2.45) is 0 Å². The molecule has 0 unspecified atom stereocenters. The summed E-state index contributed by atoms with van der Waals surface area (Å²) in [6, 6.07) is 3.89. The van der Waals surface area contributed by atoms with Gasteiger partial charge < -0.3 is 5.11 Å². The number of rotatable bonds is 2. The van der Waals surface area contributed by atoms with Crippen LogP contribution in [0.3, 0.4) is 0 Å². The monoisotopic (exact) mass is 279 g/mol. The average Bonchev–Trinajstić information content (AvgIpc) is 2.53. The fourth-order valence-electron chi connectivity index (χ4n) is 1.81. The van der Waals surface area contributed by atoms with Crippen LogP contribution in [0.4, 0.5) is 5.69 Å². The number of carboxylic acid groups (broad SMARTS) is 1. The van der Waals surface area contributed by atoms with Gasteiger partial charge in [0.1, 0.15) is 0 Å². The van der Waals surface area contributed by atoms with Crippen molar-refractivity contribution in [3.8, 4) is 0 Å². The van der Waals surface area contributed by atoms with E-state index in [1.165, 1.54) is 18.2 Å². The Balaban J connectivity index is 2.53. The lowest BCUT2D eigenvalue weighted by Crippen LogP contribution is -2.31. The van der Waals surface area contributed by atoms with Crippen LogP contribution in [-0.4, -0.2) is 22.9 Å². The maximum Gasteiger partial charge on any atom is 0.335 e. The van der Waals surface area contributed by atoms with Crippen molar-refractivity contribution in [1.29, 1.82) is 0 Å². The Labute approximate surface area is 114 Å². The summed E-state index contributed by atoms with van der Waals surface area (Å²) in [6.45, 7) is 3.11. The largest absolute Gasteiger partial charge is 0.478 e. The molecule has 1 aliphatic heterocycles. The summed E-state index contributed by atoms with van der Waals surface area (Å²) in [7, 11) is 0. The number of imide groups is 1. The summed E-state index contributed by atoms with van der Waals surface area (Å²) in [5.74, 6) is -2.09. The van der Waals surface area contributed by atoms with E-state index < -0.39 is 17.8 Å². The Morgan fingerprint density at radius 2 is 1.63 bits per heavy atom. The molecule has 0 spiro atoms. The van der Waals surface area contributed by atoms with E-state index in [4.69, 9.17) is 16.7 Å². The molecule has 1 heterocycles. The Morgan fingerprint density at radius 3 is 2.11 bits per heavy atom. The standard InChI is InChI=1S/C13H10ClNO4/c1-6-7(2)12(17)15(11(6)16)10-4-8(13(18)19)3-9(14)5-10/h3-5H,1-2H3,(H,18,19). The molecule has 1 aromatic rings. The maximum absolute atomic E-state index is 12.0. The molecule has 0 atom stereocenters. The zero-order valence-electron chi connectivity index (χ0n) is 10.2. The highest BCUT2D eigenvalue weighted by Crippen LogP contribution is 2.29. The number of halogens is 1. The summed E-state index contributed by atoms with van der Waals surface area (Å²) in [6.07, 6.45) is 0. The molecule has 5 nitrogen and oxygen atoms in total. The number of carboxylic acids is 1. The van der Waals surface area contributed by atoms with Gasteiger partial charge in [-0.05, 0) is 32.0 Å². The summed E-state index contributed by atoms with van der Waals surface area (Å²) in [5.41, 5.74) is 0.783. The highest BCUT2D eigenvalue weighted by atomic mass is 35.5. The van der Waals surface area contributed by atoms with Crippen LogP contribution in [0, 0.1) is 0 Å². The van der Waals surface area contributed by atoms with Gasteiger partial charge in [0.25, 0.3) is 11.8 Å². The van der Waals surface area contributed by atoms with Gasteiger partial charge in [-0.2, -0.15) is 0 Å². The first-order valence-corrected chi connectivity index (χ1v) is 5.81. The Kier molecular flexibility index (Phi) is 3.16. The maximum atomic E-state index is 12.0. The lowest BCUT2D eigenvalue weighted by molar-refractivity contribution is -0.120. The molecule has 2 rings (SSSR count). The molecule has 6 heteroatoms. The van der Waals surface area contributed by atoms with Gasteiger partial charge in [0.2, 0.25) is 0 Å². The zero-order chi connectivity index (χ0) is 14.3. The van der Waals surface area contributed by atoms with Gasteiger partial charge in [-0.1, -0.05) is 11.6 Å². The quantitative estimate of drug-likeness (QED) is 0.843. The molecule has 0 saturated carbocycles. The minimum Gasteiger partial charge on any atom is -0.478 e. The van der Waals surface area contributed by atoms with E-state index in [-0.39, 0.29) is 16.3 Å². The molecule has 2 amide bonds. The van der Waals surface area contributed by atoms with E-state index in [0.29, 0.717) is 11.1 Å². The second-order valence-corrected chi connectivity index (χ2v) is 4.64. The number of aromatic carboxylic acids is 1. The molecule has 0 fully saturated rings. The molecule has 19 heavy (non-hydrogen) atoms. The number of anilines is 1. The van der Waals surface area contributed by atoms with Gasteiger partial charge >= 0.3 is 5.97 Å². The third-order valence-corrected chi connectivity index (χ3v) is 3.22. The number of carbonyl (C=O) groups is 3. The Bertz CT molecular complexity index is 624. The lowest BCUT2D eigenvalue weighted by Gasteiger charge is -2.15. The van der Waals surface area contributed by atoms with E-state index in [0.717, 1.165) is 4.90 Å². The topological polar surface area (TPSA) is 74.7 Å². The van der Waals surface area contributed by atoms with Crippen LogP contribution in [0.1, 0.15) is 24.2 Å². The molecule has 0 aromatic heterocycles. The first-order chi connectivity index (χ1) is 8.82. The SMILES string of the molecule is CC1=C(C)C(=O)N(c2cc(Cl)cc(C(=O)O)c2)C1=O. The van der Waals surface area contributed by atoms with Crippen molar-refractivity contribution in [2.45, 2.75) is 13.8 Å². The predicted molar refractivity (Wildman–Crippen MR) is 69.3 cm³/mol. The van der Waals surface area contributed by atoms with Crippen molar-refractivity contribution in [3.63, 3.8) is 0 Å². The molecule has 1 aliphatic rings. The summed E-state index contributed by atoms with van der Waals surface area (Å²) >= 11 is 5.81. The molecule has 98 valence electrons. The molecule has 1 N–H and O–H groups in total. The van der Waals surface area contributed by atoms with E-state index >= 15 is 0 Å². The van der Waals surface area contributed by atoms with Gasteiger partial charge in [-0.3, -0.25) is 9.59 Å².